The Morgan fingerprint density at radius 3 is 2.50 bits per heavy atom. The van der Waals surface area contributed by atoms with Crippen LogP contribution in [0, 0.1) is 5.82 Å². The molecule has 3 aromatic heterocycles. The van der Waals surface area contributed by atoms with Crippen LogP contribution in [0.1, 0.15) is 40.2 Å². The zero-order chi connectivity index (χ0) is 27.2. The third-order valence-electron chi connectivity index (χ3n) is 6.54. The number of carbonyl (C=O) groups excluding carboxylic acids is 1. The Balaban J connectivity index is 1.69. The first-order valence-electron chi connectivity index (χ1n) is 11.9. The van der Waals surface area contributed by atoms with Crippen LogP contribution < -0.4 is 15.1 Å². The summed E-state index contributed by atoms with van der Waals surface area (Å²) in [5.41, 5.74) is 3.14. The van der Waals surface area contributed by atoms with Crippen LogP contribution in [-0.4, -0.2) is 59.4 Å². The molecule has 196 valence electrons. The first kappa shape index (κ1) is 25.8. The van der Waals surface area contributed by atoms with Crippen LogP contribution in [0.3, 0.4) is 0 Å². The molecule has 1 fully saturated rings. The number of carbonyl (C=O) groups is 1. The van der Waals surface area contributed by atoms with Crippen LogP contribution in [0.15, 0.2) is 55.0 Å². The molecule has 13 heteroatoms. The average Bonchev–Trinajstić information content (AvgIpc) is 3.66. The molecule has 10 nitrogen and oxygen atoms in total. The summed E-state index contributed by atoms with van der Waals surface area (Å²) in [5.74, 6) is -1.09. The van der Waals surface area contributed by atoms with E-state index in [0.717, 1.165) is 30.7 Å². The van der Waals surface area contributed by atoms with Crippen molar-refractivity contribution in [1.82, 2.24) is 19.9 Å². The number of amides is 1. The molecule has 1 saturated carbocycles. The predicted molar refractivity (Wildman–Crippen MR) is 141 cm³/mol. The lowest BCUT2D eigenvalue weighted by Gasteiger charge is -2.25. The van der Waals surface area contributed by atoms with Gasteiger partial charge in [0.05, 0.1) is 35.8 Å². The second-order valence-corrected chi connectivity index (χ2v) is 11.2. The van der Waals surface area contributed by atoms with Gasteiger partial charge in [0.2, 0.25) is 10.0 Å². The number of benzene rings is 1. The van der Waals surface area contributed by atoms with Gasteiger partial charge in [0.25, 0.3) is 5.91 Å². The van der Waals surface area contributed by atoms with Gasteiger partial charge in [-0.15, -0.1) is 0 Å². The topological polar surface area (TPSA) is 137 Å². The predicted octanol–water partition coefficient (Wildman–Crippen LogP) is 1.42. The van der Waals surface area contributed by atoms with Gasteiger partial charge in [0, 0.05) is 30.5 Å². The van der Waals surface area contributed by atoms with Gasteiger partial charge in [-0.2, -0.15) is 5.10 Å². The van der Waals surface area contributed by atoms with Crippen LogP contribution in [-0.2, 0) is 16.6 Å². The maximum atomic E-state index is 14.4. The summed E-state index contributed by atoms with van der Waals surface area (Å²) in [6.45, 7) is -0.191. The van der Waals surface area contributed by atoms with Gasteiger partial charge < -0.3 is 15.4 Å². The lowest BCUT2D eigenvalue weighted by atomic mass is 9.79. The second kappa shape index (κ2) is 9.82. The van der Waals surface area contributed by atoms with Gasteiger partial charge >= 0.3 is 7.12 Å². The highest BCUT2D eigenvalue weighted by Crippen LogP contribution is 2.46. The van der Waals surface area contributed by atoms with Gasteiger partial charge in [0.1, 0.15) is 11.5 Å². The molecule has 1 amide bonds. The van der Waals surface area contributed by atoms with Crippen molar-refractivity contribution < 1.29 is 27.7 Å². The highest BCUT2D eigenvalue weighted by atomic mass is 32.2. The van der Waals surface area contributed by atoms with Crippen molar-refractivity contribution in [3.8, 4) is 11.3 Å². The minimum atomic E-state index is -3.85. The summed E-state index contributed by atoms with van der Waals surface area (Å²) in [5, 5.41) is 25.9. The number of rotatable bonds is 8. The van der Waals surface area contributed by atoms with Crippen molar-refractivity contribution in [2.75, 3.05) is 17.6 Å². The Hall–Kier alpha value is -3.81. The van der Waals surface area contributed by atoms with Crippen molar-refractivity contribution in [2.45, 2.75) is 25.3 Å². The minimum absolute atomic E-state index is 0.0970. The Bertz CT molecular complexity index is 1640. The Kier molecular flexibility index (Phi) is 6.67. The van der Waals surface area contributed by atoms with E-state index in [2.05, 4.69) is 15.4 Å². The fourth-order valence-corrected chi connectivity index (χ4v) is 5.40. The number of hydrogen-bond acceptors (Lipinski definition) is 7. The molecule has 3 heterocycles. The maximum Gasteiger partial charge on any atom is 0.491 e. The summed E-state index contributed by atoms with van der Waals surface area (Å²) < 4.78 is 43.2. The van der Waals surface area contributed by atoms with Crippen LogP contribution >= 0.6 is 0 Å². The molecule has 0 bridgehead atoms. The fourth-order valence-electron chi connectivity index (χ4n) is 4.51. The molecule has 38 heavy (non-hydrogen) atoms. The molecule has 3 N–H and O–H groups in total. The van der Waals surface area contributed by atoms with E-state index in [-0.39, 0.29) is 23.8 Å². The fraction of sp³-hybridized carbons (Fsp3) is 0.240. The summed E-state index contributed by atoms with van der Waals surface area (Å²) in [4.78, 5) is 17.0. The summed E-state index contributed by atoms with van der Waals surface area (Å²) in [6.07, 6.45) is 7.57. The van der Waals surface area contributed by atoms with Gasteiger partial charge in [-0.25, -0.2) is 17.3 Å². The van der Waals surface area contributed by atoms with E-state index >= 15 is 0 Å². The standard InChI is InChI=1S/C25H25BFN5O5S/c1-28-25(33)23-21-12-18(16-4-5-16)22(14-31(21)30-24(23)17-7-9-29-10-8-17)32(38(2,36)37)13-15-3-6-19(26(34)35)20(27)11-15/h3,6-12,14,16,34-35H,4-5,13H2,1-2H3,(H,28,33). The van der Waals surface area contributed by atoms with Crippen LogP contribution in [0.4, 0.5) is 10.1 Å². The quantitative estimate of drug-likeness (QED) is 0.289. The molecular weight excluding hydrogens is 512 g/mol. The van der Waals surface area contributed by atoms with Crippen LogP contribution in [0.5, 0.6) is 0 Å². The lowest BCUT2D eigenvalue weighted by Crippen LogP contribution is -2.34. The highest BCUT2D eigenvalue weighted by Gasteiger charge is 2.33. The largest absolute Gasteiger partial charge is 0.491 e. The molecule has 1 aliphatic carbocycles. The van der Waals surface area contributed by atoms with Gasteiger partial charge in [-0.3, -0.25) is 14.1 Å². The molecule has 0 spiro atoms. The Labute approximate surface area is 218 Å². The molecule has 4 aromatic rings. The van der Waals surface area contributed by atoms with E-state index in [4.69, 9.17) is 0 Å². The number of nitrogens with one attached hydrogen (secondary N) is 1. The van der Waals surface area contributed by atoms with Gasteiger partial charge in [-0.05, 0) is 54.2 Å². The van der Waals surface area contributed by atoms with Crippen molar-refractivity contribution >= 4 is 39.7 Å². The first-order chi connectivity index (χ1) is 18.1. The SMILES string of the molecule is CNC(=O)c1c(-c2ccncc2)nn2cc(N(Cc3ccc(B(O)O)c(F)c3)S(C)(=O)=O)c(C3CC3)cc12. The van der Waals surface area contributed by atoms with E-state index < -0.39 is 23.0 Å². The third kappa shape index (κ3) is 4.87. The molecule has 0 unspecified atom stereocenters. The number of sulfonamides is 1. The summed E-state index contributed by atoms with van der Waals surface area (Å²) in [6, 6.07) is 9.03. The number of hydrogen-bond donors (Lipinski definition) is 3. The third-order valence-corrected chi connectivity index (χ3v) is 7.67. The zero-order valence-electron chi connectivity index (χ0n) is 20.7. The van der Waals surface area contributed by atoms with Gasteiger partial charge in [-0.1, -0.05) is 12.1 Å². The number of anilines is 1. The number of nitrogens with zero attached hydrogens (tertiary/aromatic N) is 4. The minimum Gasteiger partial charge on any atom is -0.423 e. The van der Waals surface area contributed by atoms with Crippen molar-refractivity contribution in [1.29, 1.82) is 0 Å². The zero-order valence-corrected chi connectivity index (χ0v) is 21.5. The monoisotopic (exact) mass is 537 g/mol. The number of pyridine rings is 2. The molecule has 0 saturated heterocycles. The molecule has 0 aliphatic heterocycles. The summed E-state index contributed by atoms with van der Waals surface area (Å²) >= 11 is 0. The normalized spacial score (nSPS) is 13.5. The van der Waals surface area contributed by atoms with Crippen molar-refractivity contribution in [3.63, 3.8) is 0 Å². The molecule has 0 atom stereocenters. The van der Waals surface area contributed by atoms with E-state index in [1.165, 1.54) is 28.0 Å². The number of aromatic nitrogens is 3. The second-order valence-electron chi connectivity index (χ2n) is 9.26. The Morgan fingerprint density at radius 2 is 1.92 bits per heavy atom. The number of fused-ring (bicyclic) bond motifs is 1. The molecular formula is C25H25BFN5O5S. The van der Waals surface area contributed by atoms with Crippen LogP contribution in [0.25, 0.3) is 16.8 Å². The highest BCUT2D eigenvalue weighted by molar-refractivity contribution is 7.92. The molecule has 1 aromatic carbocycles. The van der Waals surface area contributed by atoms with Crippen LogP contribution in [0.2, 0.25) is 0 Å². The van der Waals surface area contributed by atoms with E-state index in [0.29, 0.717) is 33.6 Å². The molecule has 1 aliphatic rings. The van der Waals surface area contributed by atoms with E-state index in [1.807, 2.05) is 0 Å². The summed E-state index contributed by atoms with van der Waals surface area (Å²) in [7, 11) is -4.30. The van der Waals surface area contributed by atoms with Gasteiger partial charge in [0.15, 0.2) is 0 Å². The van der Waals surface area contributed by atoms with Crippen molar-refractivity contribution in [2.24, 2.45) is 0 Å². The van der Waals surface area contributed by atoms with Crippen molar-refractivity contribution in [3.05, 3.63) is 77.5 Å². The average molecular weight is 537 g/mol. The first-order valence-corrected chi connectivity index (χ1v) is 13.7. The Morgan fingerprint density at radius 1 is 1.21 bits per heavy atom. The number of halogens is 1. The lowest BCUT2D eigenvalue weighted by molar-refractivity contribution is 0.0965. The van der Waals surface area contributed by atoms with E-state index in [1.54, 1.807) is 36.8 Å². The molecule has 0 radical (unpaired) electrons. The molecule has 5 rings (SSSR count). The smallest absolute Gasteiger partial charge is 0.423 e. The maximum absolute atomic E-state index is 14.4. The van der Waals surface area contributed by atoms with E-state index in [9.17, 15) is 27.7 Å².